The molecule has 0 aliphatic carbocycles. The monoisotopic (exact) mass is 390 g/mol. The fourth-order valence-corrected chi connectivity index (χ4v) is 3.23. The number of hydrogen-bond acceptors (Lipinski definition) is 3. The van der Waals surface area contributed by atoms with Crippen molar-refractivity contribution in [2.45, 2.75) is 19.4 Å². The van der Waals surface area contributed by atoms with Gasteiger partial charge in [0, 0.05) is 25.2 Å². The van der Waals surface area contributed by atoms with Crippen molar-refractivity contribution in [3.63, 3.8) is 0 Å². The maximum absolute atomic E-state index is 13.1. The van der Waals surface area contributed by atoms with E-state index in [0.717, 1.165) is 16.3 Å². The van der Waals surface area contributed by atoms with Crippen LogP contribution in [0, 0.1) is 0 Å². The van der Waals surface area contributed by atoms with Gasteiger partial charge in [0.1, 0.15) is 5.75 Å². The largest absolute Gasteiger partial charge is 0.483 e. The Kier molecular flexibility index (Phi) is 6.50. The van der Waals surface area contributed by atoms with E-state index in [1.54, 1.807) is 14.1 Å². The minimum Gasteiger partial charge on any atom is -0.483 e. The van der Waals surface area contributed by atoms with Gasteiger partial charge in [-0.25, -0.2) is 0 Å². The van der Waals surface area contributed by atoms with Crippen molar-refractivity contribution in [3.8, 4) is 5.75 Å². The second-order valence-electron chi connectivity index (χ2n) is 7.08. The summed E-state index contributed by atoms with van der Waals surface area (Å²) in [6, 6.07) is 20.8. The summed E-state index contributed by atoms with van der Waals surface area (Å²) < 4.78 is 5.76. The van der Waals surface area contributed by atoms with Crippen LogP contribution in [0.1, 0.15) is 35.3 Å². The molecule has 1 unspecified atom stereocenters. The van der Waals surface area contributed by atoms with Crippen molar-refractivity contribution in [2.75, 3.05) is 20.7 Å². The molecule has 1 atom stereocenters. The Labute approximate surface area is 171 Å². The lowest BCUT2D eigenvalue weighted by Crippen LogP contribution is -2.30. The first-order chi connectivity index (χ1) is 14.0. The smallest absolute Gasteiger partial charge is 0.259 e. The van der Waals surface area contributed by atoms with Crippen molar-refractivity contribution >= 4 is 22.6 Å². The quantitative estimate of drug-likeness (QED) is 0.658. The van der Waals surface area contributed by atoms with E-state index < -0.39 is 0 Å². The Hall–Kier alpha value is -3.34. The van der Waals surface area contributed by atoms with Crippen LogP contribution in [0.15, 0.2) is 66.7 Å². The van der Waals surface area contributed by atoms with Crippen LogP contribution < -0.4 is 10.1 Å². The Morgan fingerprint density at radius 3 is 2.41 bits per heavy atom. The van der Waals surface area contributed by atoms with Crippen LogP contribution in [-0.2, 0) is 4.79 Å². The van der Waals surface area contributed by atoms with Gasteiger partial charge in [0.15, 0.2) is 6.61 Å². The van der Waals surface area contributed by atoms with Crippen LogP contribution in [0.4, 0.5) is 0 Å². The number of ether oxygens (including phenoxy) is 1. The van der Waals surface area contributed by atoms with E-state index in [1.165, 1.54) is 4.90 Å². The Morgan fingerprint density at radius 2 is 1.66 bits per heavy atom. The van der Waals surface area contributed by atoms with Crippen molar-refractivity contribution in [1.29, 1.82) is 0 Å². The van der Waals surface area contributed by atoms with Crippen molar-refractivity contribution in [2.24, 2.45) is 0 Å². The molecule has 0 heterocycles. The van der Waals surface area contributed by atoms with E-state index in [9.17, 15) is 9.59 Å². The second-order valence-corrected chi connectivity index (χ2v) is 7.08. The van der Waals surface area contributed by atoms with Gasteiger partial charge in [-0.15, -0.1) is 0 Å². The first-order valence-electron chi connectivity index (χ1n) is 9.71. The number of nitrogens with one attached hydrogen (secondary N) is 1. The Morgan fingerprint density at radius 1 is 0.966 bits per heavy atom. The fraction of sp³-hybridized carbons (Fsp3) is 0.250. The molecule has 1 N–H and O–H groups in total. The van der Waals surface area contributed by atoms with Gasteiger partial charge < -0.3 is 15.0 Å². The molecule has 0 bridgehead atoms. The molecule has 5 heteroatoms. The summed E-state index contributed by atoms with van der Waals surface area (Å²) in [5, 5.41) is 5.07. The van der Waals surface area contributed by atoms with Gasteiger partial charge in [0.25, 0.3) is 11.8 Å². The predicted octanol–water partition coefficient (Wildman–Crippen LogP) is 4.19. The lowest BCUT2D eigenvalue weighted by molar-refractivity contribution is -0.130. The number of nitrogens with zero attached hydrogens (tertiary/aromatic N) is 1. The molecule has 0 aromatic heterocycles. The van der Waals surface area contributed by atoms with Gasteiger partial charge in [0.2, 0.25) is 0 Å². The lowest BCUT2D eigenvalue weighted by Gasteiger charge is -2.21. The first-order valence-corrected chi connectivity index (χ1v) is 9.71. The fourth-order valence-electron chi connectivity index (χ4n) is 3.23. The van der Waals surface area contributed by atoms with Crippen molar-refractivity contribution in [3.05, 3.63) is 77.9 Å². The van der Waals surface area contributed by atoms with E-state index in [4.69, 9.17) is 4.74 Å². The standard InChI is InChI=1S/C24H26N2O3/c1-4-21(20-13-7-8-15-22(20)29-16-23(27)26(2)3)25-24(28)19-14-9-11-17-10-5-6-12-18(17)19/h5-15,21H,4,16H2,1-3H3,(H,25,28). The van der Waals surface area contributed by atoms with Gasteiger partial charge in [-0.3, -0.25) is 9.59 Å². The summed E-state index contributed by atoms with van der Waals surface area (Å²) in [4.78, 5) is 26.4. The molecule has 150 valence electrons. The first kappa shape index (κ1) is 20.4. The zero-order valence-electron chi connectivity index (χ0n) is 17.0. The van der Waals surface area contributed by atoms with Crippen LogP contribution in [0.5, 0.6) is 5.75 Å². The summed E-state index contributed by atoms with van der Waals surface area (Å²) in [5.74, 6) is 0.355. The molecule has 0 saturated heterocycles. The summed E-state index contributed by atoms with van der Waals surface area (Å²) in [7, 11) is 3.38. The number of hydrogen-bond donors (Lipinski definition) is 1. The molecule has 0 aliphatic heterocycles. The van der Waals surface area contributed by atoms with E-state index in [-0.39, 0.29) is 24.5 Å². The number of fused-ring (bicyclic) bond motifs is 1. The van der Waals surface area contributed by atoms with Crippen LogP contribution in [0.3, 0.4) is 0 Å². The highest BCUT2D eigenvalue weighted by Gasteiger charge is 2.19. The lowest BCUT2D eigenvalue weighted by atomic mass is 10.0. The molecule has 0 aliphatic rings. The maximum atomic E-state index is 13.1. The van der Waals surface area contributed by atoms with Crippen molar-refractivity contribution in [1.82, 2.24) is 10.2 Å². The third kappa shape index (κ3) is 4.74. The third-order valence-corrected chi connectivity index (χ3v) is 4.89. The molecule has 0 radical (unpaired) electrons. The second kappa shape index (κ2) is 9.24. The van der Waals surface area contributed by atoms with Crippen LogP contribution in [-0.4, -0.2) is 37.4 Å². The Bertz CT molecular complexity index is 1010. The minimum atomic E-state index is -0.230. The SMILES string of the molecule is CCC(NC(=O)c1cccc2ccccc12)c1ccccc1OCC(=O)N(C)C. The van der Waals surface area contributed by atoms with Crippen molar-refractivity contribution < 1.29 is 14.3 Å². The maximum Gasteiger partial charge on any atom is 0.259 e. The van der Waals surface area contributed by atoms with Crippen LogP contribution >= 0.6 is 0 Å². The molecular formula is C24H26N2O3. The molecule has 3 aromatic rings. The van der Waals surface area contributed by atoms with Gasteiger partial charge in [0.05, 0.1) is 6.04 Å². The highest BCUT2D eigenvalue weighted by atomic mass is 16.5. The summed E-state index contributed by atoms with van der Waals surface area (Å²) in [6.07, 6.45) is 0.693. The van der Waals surface area contributed by atoms with E-state index in [0.29, 0.717) is 17.7 Å². The molecular weight excluding hydrogens is 364 g/mol. The molecule has 3 rings (SSSR count). The third-order valence-electron chi connectivity index (χ3n) is 4.89. The van der Waals surface area contributed by atoms with Gasteiger partial charge in [-0.2, -0.15) is 0 Å². The average molecular weight is 390 g/mol. The number of carbonyl (C=O) groups excluding carboxylic acids is 2. The van der Waals surface area contributed by atoms with Crippen LogP contribution in [0.2, 0.25) is 0 Å². The number of para-hydroxylation sites is 1. The Balaban J connectivity index is 1.83. The minimum absolute atomic E-state index is 0.0439. The average Bonchev–Trinajstić information content (AvgIpc) is 2.75. The zero-order valence-corrected chi connectivity index (χ0v) is 17.0. The van der Waals surface area contributed by atoms with E-state index in [2.05, 4.69) is 5.32 Å². The molecule has 29 heavy (non-hydrogen) atoms. The number of benzene rings is 3. The van der Waals surface area contributed by atoms with E-state index >= 15 is 0 Å². The summed E-state index contributed by atoms with van der Waals surface area (Å²) >= 11 is 0. The molecule has 0 spiro atoms. The molecule has 0 saturated carbocycles. The normalized spacial score (nSPS) is 11.7. The van der Waals surface area contributed by atoms with Gasteiger partial charge in [-0.05, 0) is 29.3 Å². The zero-order chi connectivity index (χ0) is 20.8. The van der Waals surface area contributed by atoms with Gasteiger partial charge >= 0.3 is 0 Å². The summed E-state index contributed by atoms with van der Waals surface area (Å²) in [5.41, 5.74) is 1.50. The molecule has 2 amide bonds. The number of amides is 2. The topological polar surface area (TPSA) is 58.6 Å². The van der Waals surface area contributed by atoms with Gasteiger partial charge in [-0.1, -0.05) is 61.5 Å². The van der Waals surface area contributed by atoms with E-state index in [1.807, 2.05) is 73.7 Å². The number of likely N-dealkylation sites (N-methyl/N-ethyl adjacent to an activating group) is 1. The van der Waals surface area contributed by atoms with Crippen LogP contribution in [0.25, 0.3) is 10.8 Å². The number of carbonyl (C=O) groups is 2. The highest BCUT2D eigenvalue weighted by molar-refractivity contribution is 6.07. The predicted molar refractivity (Wildman–Crippen MR) is 115 cm³/mol. The number of rotatable bonds is 7. The molecule has 0 fully saturated rings. The molecule has 5 nitrogen and oxygen atoms in total. The molecule has 3 aromatic carbocycles. The highest BCUT2D eigenvalue weighted by Crippen LogP contribution is 2.28. The summed E-state index contributed by atoms with van der Waals surface area (Å²) in [6.45, 7) is 1.97.